The molecule has 4 nitrogen and oxygen atoms in total. The van der Waals surface area contributed by atoms with Crippen LogP contribution >= 0.6 is 0 Å². The molecular weight excluding hydrogens is 252 g/mol. The van der Waals surface area contributed by atoms with Gasteiger partial charge in [0.2, 0.25) is 5.91 Å². The molecule has 2 aliphatic rings. The normalized spacial score (nSPS) is 22.6. The van der Waals surface area contributed by atoms with Crippen LogP contribution < -0.4 is 5.32 Å². The van der Waals surface area contributed by atoms with E-state index in [4.69, 9.17) is 4.74 Å². The molecule has 0 spiro atoms. The monoisotopic (exact) mass is 274 g/mol. The number of amides is 1. The van der Waals surface area contributed by atoms with E-state index in [2.05, 4.69) is 29.6 Å². The third-order valence-corrected chi connectivity index (χ3v) is 4.26. The topological polar surface area (TPSA) is 41.6 Å². The maximum Gasteiger partial charge on any atom is 0.226 e. The molecule has 1 atom stereocenters. The molecule has 1 unspecified atom stereocenters. The zero-order valence-corrected chi connectivity index (χ0v) is 12.0. The van der Waals surface area contributed by atoms with Crippen molar-refractivity contribution >= 4 is 5.91 Å². The van der Waals surface area contributed by atoms with Crippen LogP contribution in [0.2, 0.25) is 0 Å². The predicted octanol–water partition coefficient (Wildman–Crippen LogP) is 0.848. The van der Waals surface area contributed by atoms with Crippen molar-refractivity contribution in [1.29, 1.82) is 0 Å². The number of nitrogens with one attached hydrogen (secondary N) is 1. The van der Waals surface area contributed by atoms with Gasteiger partial charge in [0.05, 0.1) is 12.7 Å². The molecule has 1 aromatic carbocycles. The molecule has 3 rings (SSSR count). The molecule has 1 fully saturated rings. The summed E-state index contributed by atoms with van der Waals surface area (Å²) in [6.45, 7) is 3.16. The number of carbonyl (C=O) groups excluding carboxylic acids is 1. The second kappa shape index (κ2) is 5.94. The number of nitrogens with zero attached hydrogens (tertiary/aromatic N) is 1. The van der Waals surface area contributed by atoms with Crippen LogP contribution in [0, 0.1) is 5.92 Å². The molecule has 0 bridgehead atoms. The molecule has 108 valence electrons. The standard InChI is InChI=1S/C16H22N2O2/c1-18(11-15-10-17-6-7-20-15)16(19)14-8-12-4-2-3-5-13(12)9-14/h2-5,14-15,17H,6-11H2,1H3. The number of benzene rings is 1. The van der Waals surface area contributed by atoms with Crippen LogP contribution in [0.15, 0.2) is 24.3 Å². The number of ether oxygens (including phenoxy) is 1. The van der Waals surface area contributed by atoms with Crippen LogP contribution in [0.5, 0.6) is 0 Å². The Hall–Kier alpha value is -1.39. The lowest BCUT2D eigenvalue weighted by atomic mass is 10.0. The summed E-state index contributed by atoms with van der Waals surface area (Å²) in [6.07, 6.45) is 1.88. The molecule has 1 aliphatic carbocycles. The van der Waals surface area contributed by atoms with Crippen molar-refractivity contribution < 1.29 is 9.53 Å². The number of hydrogen-bond acceptors (Lipinski definition) is 3. The first-order chi connectivity index (χ1) is 9.74. The first-order valence-electron chi connectivity index (χ1n) is 7.38. The fourth-order valence-corrected chi connectivity index (χ4v) is 3.18. The summed E-state index contributed by atoms with van der Waals surface area (Å²) < 4.78 is 5.67. The van der Waals surface area contributed by atoms with Gasteiger partial charge < -0.3 is 15.0 Å². The summed E-state index contributed by atoms with van der Waals surface area (Å²) in [5, 5.41) is 3.30. The third kappa shape index (κ3) is 2.86. The van der Waals surface area contributed by atoms with Crippen molar-refractivity contribution in [2.45, 2.75) is 18.9 Å². The van der Waals surface area contributed by atoms with Gasteiger partial charge in [-0.15, -0.1) is 0 Å². The summed E-state index contributed by atoms with van der Waals surface area (Å²) >= 11 is 0. The van der Waals surface area contributed by atoms with Crippen LogP contribution in [0.4, 0.5) is 0 Å². The summed E-state index contributed by atoms with van der Waals surface area (Å²) in [6, 6.07) is 8.38. The van der Waals surface area contributed by atoms with E-state index in [-0.39, 0.29) is 17.9 Å². The Morgan fingerprint density at radius 3 is 2.65 bits per heavy atom. The van der Waals surface area contributed by atoms with Crippen molar-refractivity contribution in [3.8, 4) is 0 Å². The largest absolute Gasteiger partial charge is 0.374 e. The van der Waals surface area contributed by atoms with Crippen molar-refractivity contribution in [2.24, 2.45) is 5.92 Å². The molecule has 20 heavy (non-hydrogen) atoms. The van der Waals surface area contributed by atoms with Gasteiger partial charge in [0.25, 0.3) is 0 Å². The van der Waals surface area contributed by atoms with E-state index in [0.29, 0.717) is 6.54 Å². The highest BCUT2D eigenvalue weighted by atomic mass is 16.5. The summed E-state index contributed by atoms with van der Waals surface area (Å²) in [7, 11) is 1.89. The smallest absolute Gasteiger partial charge is 0.226 e. The minimum absolute atomic E-state index is 0.106. The lowest BCUT2D eigenvalue weighted by Gasteiger charge is -2.29. The number of carbonyl (C=O) groups is 1. The number of fused-ring (bicyclic) bond motifs is 1. The molecule has 1 N–H and O–H groups in total. The minimum atomic E-state index is 0.106. The zero-order valence-electron chi connectivity index (χ0n) is 12.0. The minimum Gasteiger partial charge on any atom is -0.374 e. The summed E-state index contributed by atoms with van der Waals surface area (Å²) in [5.41, 5.74) is 2.66. The van der Waals surface area contributed by atoms with Gasteiger partial charge in [-0.25, -0.2) is 0 Å². The van der Waals surface area contributed by atoms with Crippen LogP contribution in [0.25, 0.3) is 0 Å². The fraction of sp³-hybridized carbons (Fsp3) is 0.562. The molecule has 0 saturated carbocycles. The average molecular weight is 274 g/mol. The number of likely N-dealkylation sites (N-methyl/N-ethyl adjacent to an activating group) is 1. The number of rotatable bonds is 3. The SMILES string of the molecule is CN(CC1CNCCO1)C(=O)C1Cc2ccccc2C1. The molecule has 0 radical (unpaired) electrons. The molecular formula is C16H22N2O2. The van der Waals surface area contributed by atoms with Crippen molar-refractivity contribution in [3.63, 3.8) is 0 Å². The van der Waals surface area contributed by atoms with Gasteiger partial charge in [-0.2, -0.15) is 0 Å². The molecule has 1 aliphatic heterocycles. The lowest BCUT2D eigenvalue weighted by molar-refractivity contribution is -0.136. The van der Waals surface area contributed by atoms with E-state index < -0.39 is 0 Å². The van der Waals surface area contributed by atoms with Crippen LogP contribution in [0.1, 0.15) is 11.1 Å². The fourth-order valence-electron chi connectivity index (χ4n) is 3.18. The highest BCUT2D eigenvalue weighted by molar-refractivity contribution is 5.80. The van der Waals surface area contributed by atoms with Gasteiger partial charge in [0.1, 0.15) is 0 Å². The van der Waals surface area contributed by atoms with E-state index in [1.165, 1.54) is 11.1 Å². The highest BCUT2D eigenvalue weighted by Gasteiger charge is 2.30. The quantitative estimate of drug-likeness (QED) is 0.888. The van der Waals surface area contributed by atoms with E-state index in [9.17, 15) is 4.79 Å². The lowest BCUT2D eigenvalue weighted by Crippen LogP contribution is -2.47. The number of morpholine rings is 1. The van der Waals surface area contributed by atoms with Gasteiger partial charge in [0.15, 0.2) is 0 Å². The molecule has 1 heterocycles. The molecule has 4 heteroatoms. The van der Waals surface area contributed by atoms with E-state index in [1.807, 2.05) is 11.9 Å². The zero-order chi connectivity index (χ0) is 13.9. The Morgan fingerprint density at radius 2 is 2.05 bits per heavy atom. The second-order valence-corrected chi connectivity index (χ2v) is 5.79. The Morgan fingerprint density at radius 1 is 1.35 bits per heavy atom. The predicted molar refractivity (Wildman–Crippen MR) is 77.6 cm³/mol. The molecule has 1 amide bonds. The van der Waals surface area contributed by atoms with Crippen LogP contribution in [-0.4, -0.2) is 50.2 Å². The van der Waals surface area contributed by atoms with Crippen LogP contribution in [-0.2, 0) is 22.4 Å². The first kappa shape index (κ1) is 13.6. The Balaban J connectivity index is 1.57. The van der Waals surface area contributed by atoms with Gasteiger partial charge in [-0.3, -0.25) is 4.79 Å². The van der Waals surface area contributed by atoms with Gasteiger partial charge in [-0.05, 0) is 24.0 Å². The van der Waals surface area contributed by atoms with Gasteiger partial charge in [0, 0.05) is 32.6 Å². The molecule has 1 aromatic rings. The first-order valence-corrected chi connectivity index (χ1v) is 7.38. The summed E-state index contributed by atoms with van der Waals surface area (Å²) in [5.74, 6) is 0.351. The Bertz CT molecular complexity index is 458. The maximum absolute atomic E-state index is 12.5. The van der Waals surface area contributed by atoms with E-state index in [1.54, 1.807) is 0 Å². The van der Waals surface area contributed by atoms with Gasteiger partial charge >= 0.3 is 0 Å². The van der Waals surface area contributed by atoms with E-state index in [0.717, 1.165) is 32.5 Å². The average Bonchev–Trinajstić information content (AvgIpc) is 2.91. The van der Waals surface area contributed by atoms with Crippen molar-refractivity contribution in [1.82, 2.24) is 10.2 Å². The molecule has 1 saturated heterocycles. The molecule has 0 aromatic heterocycles. The Labute approximate surface area is 120 Å². The summed E-state index contributed by atoms with van der Waals surface area (Å²) in [4.78, 5) is 14.4. The number of hydrogen-bond donors (Lipinski definition) is 1. The highest BCUT2D eigenvalue weighted by Crippen LogP contribution is 2.27. The van der Waals surface area contributed by atoms with Crippen molar-refractivity contribution in [2.75, 3.05) is 33.3 Å². The van der Waals surface area contributed by atoms with Gasteiger partial charge in [-0.1, -0.05) is 24.3 Å². The van der Waals surface area contributed by atoms with Crippen molar-refractivity contribution in [3.05, 3.63) is 35.4 Å². The maximum atomic E-state index is 12.5. The third-order valence-electron chi connectivity index (χ3n) is 4.26. The second-order valence-electron chi connectivity index (χ2n) is 5.79. The Kier molecular flexibility index (Phi) is 4.03. The van der Waals surface area contributed by atoms with E-state index >= 15 is 0 Å². The van der Waals surface area contributed by atoms with Crippen LogP contribution in [0.3, 0.4) is 0 Å².